The summed E-state index contributed by atoms with van der Waals surface area (Å²) in [7, 11) is 0. The molecule has 80 valence electrons. The molecule has 0 spiro atoms. The molecule has 1 aromatic rings. The summed E-state index contributed by atoms with van der Waals surface area (Å²) in [5.41, 5.74) is 2.41. The van der Waals surface area contributed by atoms with Gasteiger partial charge in [0.2, 0.25) is 5.91 Å². The van der Waals surface area contributed by atoms with Gasteiger partial charge in [-0.05, 0) is 31.0 Å². The van der Waals surface area contributed by atoms with Crippen LogP contribution in [0.1, 0.15) is 30.6 Å². The van der Waals surface area contributed by atoms with E-state index in [4.69, 9.17) is 11.6 Å². The van der Waals surface area contributed by atoms with Crippen molar-refractivity contribution in [2.24, 2.45) is 0 Å². The molecule has 3 nitrogen and oxygen atoms in total. The number of hydrogen-bond acceptors (Lipinski definition) is 2. The van der Waals surface area contributed by atoms with E-state index in [9.17, 15) is 9.90 Å². The zero-order valence-electron chi connectivity index (χ0n) is 8.38. The lowest BCUT2D eigenvalue weighted by molar-refractivity contribution is -0.116. The number of amides is 1. The number of fused-ring (bicyclic) bond motifs is 1. The standard InChI is InChI=1S/C11H12ClNO2/c1-6(14)9-5-8(12)4-7-2-3-10(15)13-11(7)9/h4-6,14H,2-3H2,1H3,(H,13,15). The molecule has 1 atom stereocenters. The monoisotopic (exact) mass is 225 g/mol. The molecule has 1 amide bonds. The highest BCUT2D eigenvalue weighted by molar-refractivity contribution is 6.30. The van der Waals surface area contributed by atoms with E-state index < -0.39 is 6.10 Å². The van der Waals surface area contributed by atoms with E-state index in [1.165, 1.54) is 0 Å². The molecule has 1 unspecified atom stereocenters. The van der Waals surface area contributed by atoms with Gasteiger partial charge in [-0.1, -0.05) is 11.6 Å². The highest BCUT2D eigenvalue weighted by Crippen LogP contribution is 2.33. The van der Waals surface area contributed by atoms with Crippen LogP contribution in [-0.2, 0) is 11.2 Å². The van der Waals surface area contributed by atoms with E-state index in [1.54, 1.807) is 13.0 Å². The number of rotatable bonds is 1. The predicted molar refractivity (Wildman–Crippen MR) is 59.0 cm³/mol. The second-order valence-electron chi connectivity index (χ2n) is 3.75. The molecule has 1 aliphatic heterocycles. The Bertz CT molecular complexity index is 415. The number of aryl methyl sites for hydroxylation is 1. The Balaban J connectivity index is 2.55. The number of benzene rings is 1. The molecular weight excluding hydrogens is 214 g/mol. The SMILES string of the molecule is CC(O)c1cc(Cl)cc2c1NC(=O)CC2. The second kappa shape index (κ2) is 3.83. The quantitative estimate of drug-likeness (QED) is 0.771. The molecule has 0 saturated carbocycles. The third kappa shape index (κ3) is 1.98. The summed E-state index contributed by atoms with van der Waals surface area (Å²) in [6, 6.07) is 3.53. The van der Waals surface area contributed by atoms with Crippen LogP contribution in [0.4, 0.5) is 5.69 Å². The van der Waals surface area contributed by atoms with Gasteiger partial charge in [0.1, 0.15) is 0 Å². The summed E-state index contributed by atoms with van der Waals surface area (Å²) in [4.78, 5) is 11.3. The van der Waals surface area contributed by atoms with Crippen LogP contribution in [0.15, 0.2) is 12.1 Å². The molecular formula is C11H12ClNO2. The maximum absolute atomic E-state index is 11.3. The average molecular weight is 226 g/mol. The molecule has 1 heterocycles. The number of carbonyl (C=O) groups excluding carboxylic acids is 1. The summed E-state index contributed by atoms with van der Waals surface area (Å²) in [6.07, 6.45) is 0.532. The Morgan fingerprint density at radius 1 is 1.47 bits per heavy atom. The first-order valence-corrected chi connectivity index (χ1v) is 5.26. The minimum Gasteiger partial charge on any atom is -0.389 e. The number of nitrogens with one attached hydrogen (secondary N) is 1. The van der Waals surface area contributed by atoms with Gasteiger partial charge >= 0.3 is 0 Å². The van der Waals surface area contributed by atoms with Gasteiger partial charge in [-0.25, -0.2) is 0 Å². The summed E-state index contributed by atoms with van der Waals surface area (Å²) >= 11 is 5.94. The van der Waals surface area contributed by atoms with Gasteiger partial charge in [0.15, 0.2) is 0 Å². The van der Waals surface area contributed by atoms with Crippen LogP contribution >= 0.6 is 11.6 Å². The van der Waals surface area contributed by atoms with Crippen molar-refractivity contribution >= 4 is 23.2 Å². The van der Waals surface area contributed by atoms with Crippen molar-refractivity contribution in [3.63, 3.8) is 0 Å². The van der Waals surface area contributed by atoms with E-state index in [0.29, 0.717) is 23.4 Å². The van der Waals surface area contributed by atoms with Crippen LogP contribution in [0, 0.1) is 0 Å². The molecule has 2 rings (SSSR count). The highest BCUT2D eigenvalue weighted by atomic mass is 35.5. The van der Waals surface area contributed by atoms with Crippen molar-refractivity contribution in [1.82, 2.24) is 0 Å². The minimum atomic E-state index is -0.629. The fourth-order valence-corrected chi connectivity index (χ4v) is 2.06. The second-order valence-corrected chi connectivity index (χ2v) is 4.19. The molecule has 1 aliphatic rings. The van der Waals surface area contributed by atoms with E-state index in [2.05, 4.69) is 5.32 Å². The van der Waals surface area contributed by atoms with Crippen LogP contribution in [0.2, 0.25) is 5.02 Å². The smallest absolute Gasteiger partial charge is 0.224 e. The summed E-state index contributed by atoms with van der Waals surface area (Å²) in [5.74, 6) is -0.00766. The van der Waals surface area contributed by atoms with Gasteiger partial charge < -0.3 is 10.4 Å². The molecule has 15 heavy (non-hydrogen) atoms. The van der Waals surface area contributed by atoms with Crippen LogP contribution in [-0.4, -0.2) is 11.0 Å². The van der Waals surface area contributed by atoms with Crippen molar-refractivity contribution < 1.29 is 9.90 Å². The predicted octanol–water partition coefficient (Wildman–Crippen LogP) is 2.28. The Labute approximate surface area is 93.1 Å². The fourth-order valence-electron chi connectivity index (χ4n) is 1.82. The first kappa shape index (κ1) is 10.5. The zero-order valence-corrected chi connectivity index (χ0v) is 9.14. The van der Waals surface area contributed by atoms with E-state index >= 15 is 0 Å². The molecule has 0 fully saturated rings. The molecule has 0 aromatic heterocycles. The van der Waals surface area contributed by atoms with Gasteiger partial charge in [0.25, 0.3) is 0 Å². The summed E-state index contributed by atoms with van der Waals surface area (Å²) < 4.78 is 0. The lowest BCUT2D eigenvalue weighted by Crippen LogP contribution is -2.21. The lowest BCUT2D eigenvalue weighted by Gasteiger charge is -2.21. The maximum Gasteiger partial charge on any atom is 0.224 e. The van der Waals surface area contributed by atoms with Crippen LogP contribution in [0.3, 0.4) is 0 Å². The summed E-state index contributed by atoms with van der Waals surface area (Å²) in [6.45, 7) is 1.66. The Morgan fingerprint density at radius 3 is 2.87 bits per heavy atom. The van der Waals surface area contributed by atoms with Gasteiger partial charge in [-0.15, -0.1) is 0 Å². The Morgan fingerprint density at radius 2 is 2.20 bits per heavy atom. The van der Waals surface area contributed by atoms with Crippen LogP contribution in [0.25, 0.3) is 0 Å². The molecule has 0 saturated heterocycles. The number of carbonyl (C=O) groups is 1. The third-order valence-corrected chi connectivity index (χ3v) is 2.77. The number of halogens is 1. The molecule has 0 radical (unpaired) electrons. The minimum absolute atomic E-state index is 0.00766. The van der Waals surface area contributed by atoms with Crippen LogP contribution < -0.4 is 5.32 Å². The molecule has 2 N–H and O–H groups in total. The Kier molecular flexibility index (Phi) is 2.67. The van der Waals surface area contributed by atoms with E-state index in [-0.39, 0.29) is 5.91 Å². The van der Waals surface area contributed by atoms with Crippen molar-refractivity contribution in [3.8, 4) is 0 Å². The highest BCUT2D eigenvalue weighted by Gasteiger charge is 2.20. The first-order chi connectivity index (χ1) is 7.08. The van der Waals surface area contributed by atoms with Gasteiger partial charge in [0, 0.05) is 22.7 Å². The zero-order chi connectivity index (χ0) is 11.0. The summed E-state index contributed by atoms with van der Waals surface area (Å²) in [5, 5.41) is 13.0. The molecule has 0 bridgehead atoms. The van der Waals surface area contributed by atoms with Gasteiger partial charge in [-0.2, -0.15) is 0 Å². The number of anilines is 1. The largest absolute Gasteiger partial charge is 0.389 e. The number of aliphatic hydroxyl groups excluding tert-OH is 1. The van der Waals surface area contributed by atoms with E-state index in [0.717, 1.165) is 11.3 Å². The Hall–Kier alpha value is -1.06. The van der Waals surface area contributed by atoms with Crippen molar-refractivity contribution in [3.05, 3.63) is 28.3 Å². The third-order valence-electron chi connectivity index (χ3n) is 2.55. The lowest BCUT2D eigenvalue weighted by atomic mass is 9.97. The molecule has 1 aromatic carbocycles. The number of aliphatic hydroxyl groups is 1. The van der Waals surface area contributed by atoms with Crippen molar-refractivity contribution in [1.29, 1.82) is 0 Å². The topological polar surface area (TPSA) is 49.3 Å². The van der Waals surface area contributed by atoms with Gasteiger partial charge in [0.05, 0.1) is 6.10 Å². The average Bonchev–Trinajstić information content (AvgIpc) is 2.17. The van der Waals surface area contributed by atoms with Gasteiger partial charge in [-0.3, -0.25) is 4.79 Å². The normalized spacial score (nSPS) is 16.9. The van der Waals surface area contributed by atoms with Crippen LogP contribution in [0.5, 0.6) is 0 Å². The van der Waals surface area contributed by atoms with E-state index in [1.807, 2.05) is 6.07 Å². The molecule has 0 aliphatic carbocycles. The van der Waals surface area contributed by atoms with Crippen molar-refractivity contribution in [2.75, 3.05) is 5.32 Å². The number of hydrogen-bond donors (Lipinski definition) is 2. The fraction of sp³-hybridized carbons (Fsp3) is 0.364. The maximum atomic E-state index is 11.3. The molecule has 4 heteroatoms. The first-order valence-electron chi connectivity index (χ1n) is 4.88. The van der Waals surface area contributed by atoms with Crippen molar-refractivity contribution in [2.45, 2.75) is 25.9 Å².